The van der Waals surface area contributed by atoms with E-state index >= 15 is 0 Å². The first-order valence-corrected chi connectivity index (χ1v) is 1.89. The summed E-state index contributed by atoms with van der Waals surface area (Å²) in [6.45, 7) is 3.87. The van der Waals surface area contributed by atoms with Gasteiger partial charge in [0.2, 0.25) is 0 Å². The zero-order chi connectivity index (χ0) is 3.41. The highest BCUT2D eigenvalue weighted by Crippen LogP contribution is 1.72. The van der Waals surface area contributed by atoms with Gasteiger partial charge in [-0.05, 0) is 0 Å². The van der Waals surface area contributed by atoms with Crippen LogP contribution in [0.25, 0.3) is 0 Å². The minimum Gasteiger partial charge on any atom is -0.235 e. The maximum Gasteiger partial charge on any atom is 0.187 e. The zero-order valence-electron chi connectivity index (χ0n) is 2.73. The summed E-state index contributed by atoms with van der Waals surface area (Å²) in [7, 11) is 0. The molecule has 0 unspecified atom stereocenters. The highest BCUT2D eigenvalue weighted by molar-refractivity contribution is 8.06. The van der Waals surface area contributed by atoms with Crippen LogP contribution in [0.1, 0.15) is 6.92 Å². The topological polar surface area (TPSA) is 0 Å². The fourth-order valence-electron chi connectivity index (χ4n) is 0. The molecule has 0 aromatic rings. The van der Waals surface area contributed by atoms with E-state index in [-0.39, 0.29) is 0 Å². The molecule has 0 aromatic heterocycles. The predicted octanol–water partition coefficient (Wildman–Crippen LogP) is 0.974. The quantitative estimate of drug-likeness (QED) is 0.347. The maximum absolute atomic E-state index is 3.80. The number of hydrogen-bond acceptors (Lipinski definition) is 1. The van der Waals surface area contributed by atoms with Crippen LogP contribution in [0, 0.1) is 0 Å². The summed E-state index contributed by atoms with van der Waals surface area (Å²) in [5.74, 6) is 0. The van der Waals surface area contributed by atoms with Crippen LogP contribution in [0.2, 0.25) is 6.32 Å². The predicted molar refractivity (Wildman–Crippen MR) is 25.2 cm³/mol. The molecular weight excluding hydrogens is 66.9 g/mol. The zero-order valence-corrected chi connectivity index (χ0v) is 3.63. The van der Waals surface area contributed by atoms with Gasteiger partial charge in [0.15, 0.2) is 6.56 Å². The summed E-state index contributed by atoms with van der Waals surface area (Å²) in [4.78, 5) is 0. The molecule has 0 spiro atoms. The van der Waals surface area contributed by atoms with E-state index in [0.717, 1.165) is 6.32 Å². The van der Waals surface area contributed by atoms with Gasteiger partial charge < -0.3 is 0 Å². The van der Waals surface area contributed by atoms with Crippen LogP contribution in [-0.2, 0) is 0 Å². The second-order valence-corrected chi connectivity index (χ2v) is 0.956. The Morgan fingerprint density at radius 3 is 2.25 bits per heavy atom. The third-order valence-electron chi connectivity index (χ3n) is 0.183. The van der Waals surface area contributed by atoms with E-state index in [0.29, 0.717) is 0 Å². The highest BCUT2D eigenvalue weighted by atomic mass is 32.1. The molecule has 0 rings (SSSR count). The molecule has 0 aliphatic carbocycles. The second kappa shape index (κ2) is 3.41. The number of hydrogen-bond donors (Lipinski definition) is 1. The Balaban J connectivity index is 1.97. The molecule has 23 valence electrons. The average molecular weight is 72.9 g/mol. The molecule has 4 heavy (non-hydrogen) atoms. The summed E-state index contributed by atoms with van der Waals surface area (Å²) in [6.07, 6.45) is 1.06. The van der Waals surface area contributed by atoms with Gasteiger partial charge in [0.1, 0.15) is 0 Å². The van der Waals surface area contributed by atoms with Crippen LogP contribution < -0.4 is 0 Å². The van der Waals surface area contributed by atoms with Gasteiger partial charge in [-0.3, -0.25) is 0 Å². The van der Waals surface area contributed by atoms with Crippen LogP contribution >= 0.6 is 12.5 Å². The molecule has 0 saturated carbocycles. The van der Waals surface area contributed by atoms with Gasteiger partial charge in [-0.2, -0.15) is 0 Å². The van der Waals surface area contributed by atoms with Crippen LogP contribution in [-0.4, -0.2) is 6.56 Å². The highest BCUT2D eigenvalue weighted by Gasteiger charge is 1.63. The van der Waals surface area contributed by atoms with Gasteiger partial charge in [-0.25, -0.2) is 12.5 Å². The van der Waals surface area contributed by atoms with Crippen molar-refractivity contribution in [3.8, 4) is 0 Å². The molecular formula is C2H6BS. The molecule has 0 aliphatic rings. The lowest BCUT2D eigenvalue weighted by Gasteiger charge is -1.63. The summed E-state index contributed by atoms with van der Waals surface area (Å²) in [5, 5.41) is 0. The normalized spacial score (nSPS) is 6.50. The third kappa shape index (κ3) is 2.41. The third-order valence-corrected chi connectivity index (χ3v) is 0.548. The van der Waals surface area contributed by atoms with Crippen molar-refractivity contribution in [1.82, 2.24) is 0 Å². The van der Waals surface area contributed by atoms with E-state index in [1.165, 1.54) is 0 Å². The van der Waals surface area contributed by atoms with Crippen LogP contribution in [0.15, 0.2) is 0 Å². The summed E-state index contributed by atoms with van der Waals surface area (Å²) >= 11 is 3.80. The van der Waals surface area contributed by atoms with E-state index < -0.39 is 0 Å². The lowest BCUT2D eigenvalue weighted by molar-refractivity contribution is 1.48. The Morgan fingerprint density at radius 2 is 2.25 bits per heavy atom. The lowest BCUT2D eigenvalue weighted by atomic mass is 10.1. The molecule has 0 saturated heterocycles. The second-order valence-electron chi connectivity index (χ2n) is 0.591. The van der Waals surface area contributed by atoms with E-state index in [1.807, 2.05) is 13.5 Å². The fraction of sp³-hybridized carbons (Fsp3) is 1.00. The largest absolute Gasteiger partial charge is 0.235 e. The van der Waals surface area contributed by atoms with Crippen LogP contribution in [0.5, 0.6) is 0 Å². The van der Waals surface area contributed by atoms with Crippen molar-refractivity contribution < 1.29 is 0 Å². The van der Waals surface area contributed by atoms with Crippen molar-refractivity contribution in [2.75, 3.05) is 0 Å². The minimum atomic E-state index is 1.06. The average Bonchev–Trinajstić information content (AvgIpc) is 1.37. The Bertz CT molecular complexity index is 8.00. The molecule has 0 amide bonds. The van der Waals surface area contributed by atoms with Crippen LogP contribution in [0.4, 0.5) is 0 Å². The number of thiol groups is 1. The van der Waals surface area contributed by atoms with Crippen molar-refractivity contribution in [3.05, 3.63) is 0 Å². The Morgan fingerprint density at radius 1 is 2.00 bits per heavy atom. The minimum absolute atomic E-state index is 1.06. The van der Waals surface area contributed by atoms with Gasteiger partial charge in [0.25, 0.3) is 0 Å². The smallest absolute Gasteiger partial charge is 0.187 e. The van der Waals surface area contributed by atoms with Crippen molar-refractivity contribution in [3.63, 3.8) is 0 Å². The van der Waals surface area contributed by atoms with Crippen molar-refractivity contribution >= 4 is 19.0 Å². The fourth-order valence-corrected chi connectivity index (χ4v) is 0. The van der Waals surface area contributed by atoms with Crippen molar-refractivity contribution in [1.29, 1.82) is 0 Å². The Hall–Kier alpha value is 0.415. The molecule has 1 radical (unpaired) electrons. The van der Waals surface area contributed by atoms with Gasteiger partial charge in [0.05, 0.1) is 0 Å². The molecule has 0 nitrogen and oxygen atoms in total. The Kier molecular flexibility index (Phi) is 3.77. The monoisotopic (exact) mass is 73.0 g/mol. The van der Waals surface area contributed by atoms with E-state index in [9.17, 15) is 0 Å². The molecule has 0 N–H and O–H groups in total. The first-order chi connectivity index (χ1) is 1.91. The van der Waals surface area contributed by atoms with Gasteiger partial charge >= 0.3 is 0 Å². The molecule has 0 bridgehead atoms. The molecule has 0 aromatic carbocycles. The lowest BCUT2D eigenvalue weighted by Crippen LogP contribution is -1.61. The van der Waals surface area contributed by atoms with Crippen molar-refractivity contribution in [2.24, 2.45) is 0 Å². The first-order valence-electron chi connectivity index (χ1n) is 1.37. The number of rotatable bonds is 1. The first kappa shape index (κ1) is 4.41. The summed E-state index contributed by atoms with van der Waals surface area (Å²) in [6, 6.07) is 0. The molecule has 0 atom stereocenters. The van der Waals surface area contributed by atoms with E-state index in [4.69, 9.17) is 0 Å². The van der Waals surface area contributed by atoms with Crippen molar-refractivity contribution in [2.45, 2.75) is 13.2 Å². The SMILES string of the molecule is CC[B]S. The standard InChI is InChI=1S/C2H6BS/c1-2-3-4/h4H,2H2,1H3. The molecule has 2 heteroatoms. The Labute approximate surface area is 33.1 Å². The molecule has 0 fully saturated rings. The van der Waals surface area contributed by atoms with Gasteiger partial charge in [-0.1, -0.05) is 13.2 Å². The van der Waals surface area contributed by atoms with Gasteiger partial charge in [-0.15, -0.1) is 0 Å². The van der Waals surface area contributed by atoms with E-state index in [2.05, 4.69) is 12.5 Å². The molecule has 0 heterocycles. The van der Waals surface area contributed by atoms with Gasteiger partial charge in [0, 0.05) is 0 Å². The summed E-state index contributed by atoms with van der Waals surface area (Å²) in [5.41, 5.74) is 0. The summed E-state index contributed by atoms with van der Waals surface area (Å²) < 4.78 is 0. The maximum atomic E-state index is 3.80. The molecule has 0 aliphatic heterocycles. The van der Waals surface area contributed by atoms with Crippen LogP contribution in [0.3, 0.4) is 0 Å². The van der Waals surface area contributed by atoms with E-state index in [1.54, 1.807) is 0 Å².